The molecule has 0 radical (unpaired) electrons. The van der Waals surface area contributed by atoms with Gasteiger partial charge in [0.1, 0.15) is 17.3 Å². The Labute approximate surface area is 108 Å². The maximum absolute atomic E-state index is 13.5. The number of ether oxygens (including phenoxy) is 1. The Morgan fingerprint density at radius 1 is 1.58 bits per heavy atom. The van der Waals surface area contributed by atoms with Crippen molar-refractivity contribution in [1.29, 1.82) is 0 Å². The van der Waals surface area contributed by atoms with E-state index in [1.165, 1.54) is 19.1 Å². The second-order valence-electron chi connectivity index (χ2n) is 4.58. The van der Waals surface area contributed by atoms with E-state index in [2.05, 4.69) is 5.32 Å². The van der Waals surface area contributed by atoms with Crippen LogP contribution in [0.3, 0.4) is 0 Å². The lowest BCUT2D eigenvalue weighted by atomic mass is 9.76. The lowest BCUT2D eigenvalue weighted by molar-refractivity contribution is -0.126. The molecule has 1 aliphatic heterocycles. The number of anilines is 1. The van der Waals surface area contributed by atoms with Gasteiger partial charge in [0.25, 0.3) is 0 Å². The van der Waals surface area contributed by atoms with Gasteiger partial charge in [-0.05, 0) is 24.6 Å². The molecule has 2 rings (SSSR count). The fourth-order valence-corrected chi connectivity index (χ4v) is 2.05. The zero-order chi connectivity index (χ0) is 14.2. The van der Waals surface area contributed by atoms with Crippen LogP contribution >= 0.6 is 0 Å². The largest absolute Gasteiger partial charge is 0.443 e. The van der Waals surface area contributed by atoms with Crippen LogP contribution in [0.25, 0.3) is 0 Å². The van der Waals surface area contributed by atoms with Crippen molar-refractivity contribution in [3.8, 4) is 0 Å². The standard InChI is InChI=1S/C12H14FN3O3/c1-12(10(15)17,9-5-16-11(18)19-9)6-2-3-8(14)7(13)4-6/h2-4,9H,5,14H2,1H3,(H2,15,17)(H,16,18). The molecule has 2 amide bonds. The molecule has 2 atom stereocenters. The van der Waals surface area contributed by atoms with Crippen molar-refractivity contribution in [3.63, 3.8) is 0 Å². The number of halogens is 1. The van der Waals surface area contributed by atoms with Crippen LogP contribution in [0.2, 0.25) is 0 Å². The molecule has 1 aromatic rings. The van der Waals surface area contributed by atoms with E-state index < -0.39 is 29.3 Å². The molecular formula is C12H14FN3O3. The van der Waals surface area contributed by atoms with E-state index in [1.54, 1.807) is 0 Å². The molecule has 0 bridgehead atoms. The summed E-state index contributed by atoms with van der Waals surface area (Å²) in [5.74, 6) is -1.36. The van der Waals surface area contributed by atoms with Crippen LogP contribution in [0.4, 0.5) is 14.9 Å². The van der Waals surface area contributed by atoms with Gasteiger partial charge in [-0.25, -0.2) is 9.18 Å². The molecule has 6 nitrogen and oxygen atoms in total. The Hall–Kier alpha value is -2.31. The number of nitrogens with one attached hydrogen (secondary N) is 1. The van der Waals surface area contributed by atoms with Gasteiger partial charge in [0, 0.05) is 0 Å². The Bertz CT molecular complexity index is 549. The molecule has 1 heterocycles. The predicted molar refractivity (Wildman–Crippen MR) is 65.6 cm³/mol. The molecular weight excluding hydrogens is 253 g/mol. The third kappa shape index (κ3) is 2.07. The number of alkyl carbamates (subject to hydrolysis) is 1. The third-order valence-corrected chi connectivity index (χ3v) is 3.44. The highest BCUT2D eigenvalue weighted by molar-refractivity contribution is 5.88. The van der Waals surface area contributed by atoms with Crippen LogP contribution in [-0.2, 0) is 14.9 Å². The van der Waals surface area contributed by atoms with Gasteiger partial charge in [0.2, 0.25) is 5.91 Å². The third-order valence-electron chi connectivity index (χ3n) is 3.44. The van der Waals surface area contributed by atoms with Crippen molar-refractivity contribution in [2.24, 2.45) is 5.73 Å². The number of hydrogen-bond acceptors (Lipinski definition) is 4. The smallest absolute Gasteiger partial charge is 0.407 e. The van der Waals surface area contributed by atoms with Gasteiger partial charge in [0.15, 0.2) is 0 Å². The van der Waals surface area contributed by atoms with Crippen LogP contribution in [0.5, 0.6) is 0 Å². The van der Waals surface area contributed by atoms with Crippen molar-refractivity contribution in [2.75, 3.05) is 12.3 Å². The second-order valence-corrected chi connectivity index (χ2v) is 4.58. The van der Waals surface area contributed by atoms with Gasteiger partial charge >= 0.3 is 6.09 Å². The summed E-state index contributed by atoms with van der Waals surface area (Å²) < 4.78 is 18.5. The summed E-state index contributed by atoms with van der Waals surface area (Å²) in [6, 6.07) is 3.97. The molecule has 0 spiro atoms. The molecule has 1 saturated heterocycles. The number of benzene rings is 1. The lowest BCUT2D eigenvalue weighted by Gasteiger charge is -2.30. The van der Waals surface area contributed by atoms with Crippen molar-refractivity contribution < 1.29 is 18.7 Å². The number of carbonyl (C=O) groups is 2. The quantitative estimate of drug-likeness (QED) is 0.682. The molecule has 0 aromatic heterocycles. The fourth-order valence-electron chi connectivity index (χ4n) is 2.05. The topological polar surface area (TPSA) is 107 Å². The molecule has 1 fully saturated rings. The van der Waals surface area contributed by atoms with Crippen LogP contribution in [0.15, 0.2) is 18.2 Å². The average Bonchev–Trinajstić information content (AvgIpc) is 2.78. The van der Waals surface area contributed by atoms with Crippen LogP contribution < -0.4 is 16.8 Å². The molecule has 0 aliphatic carbocycles. The van der Waals surface area contributed by atoms with Crippen LogP contribution in [0, 0.1) is 5.82 Å². The summed E-state index contributed by atoms with van der Waals surface area (Å²) >= 11 is 0. The Morgan fingerprint density at radius 3 is 2.74 bits per heavy atom. The Kier molecular flexibility index (Phi) is 3.05. The van der Waals surface area contributed by atoms with E-state index in [-0.39, 0.29) is 12.2 Å². The first-order valence-electron chi connectivity index (χ1n) is 5.65. The number of carbonyl (C=O) groups excluding carboxylic acids is 2. The fraction of sp³-hybridized carbons (Fsp3) is 0.333. The predicted octanol–water partition coefficient (Wildman–Crippen LogP) is 0.259. The molecule has 5 N–H and O–H groups in total. The van der Waals surface area contributed by atoms with E-state index in [0.717, 1.165) is 6.07 Å². The van der Waals surface area contributed by atoms with Gasteiger partial charge in [-0.3, -0.25) is 4.79 Å². The SMILES string of the molecule is CC(C(N)=O)(c1ccc(N)c(F)c1)C1CNC(=O)O1. The monoisotopic (exact) mass is 267 g/mol. The number of cyclic esters (lactones) is 1. The summed E-state index contributed by atoms with van der Waals surface area (Å²) in [6.07, 6.45) is -1.42. The average molecular weight is 267 g/mol. The van der Waals surface area contributed by atoms with E-state index in [9.17, 15) is 14.0 Å². The summed E-state index contributed by atoms with van der Waals surface area (Å²) in [4.78, 5) is 22.9. The second kappa shape index (κ2) is 4.42. The van der Waals surface area contributed by atoms with Crippen molar-refractivity contribution >= 4 is 17.7 Å². The molecule has 1 aromatic carbocycles. The molecule has 102 valence electrons. The highest BCUT2D eigenvalue weighted by Gasteiger charge is 2.47. The van der Waals surface area contributed by atoms with Crippen molar-refractivity contribution in [1.82, 2.24) is 5.32 Å². The van der Waals surface area contributed by atoms with E-state index >= 15 is 0 Å². The highest BCUT2D eigenvalue weighted by Crippen LogP contribution is 2.32. The van der Waals surface area contributed by atoms with Crippen molar-refractivity contribution in [2.45, 2.75) is 18.4 Å². The Morgan fingerprint density at radius 2 is 2.26 bits per heavy atom. The molecule has 19 heavy (non-hydrogen) atoms. The number of hydrogen-bond donors (Lipinski definition) is 3. The number of nitrogen functional groups attached to an aromatic ring is 1. The number of amides is 2. The molecule has 1 aliphatic rings. The first-order chi connectivity index (χ1) is 8.85. The molecule has 7 heteroatoms. The maximum atomic E-state index is 13.5. The summed E-state index contributed by atoms with van der Waals surface area (Å²) in [6.45, 7) is 1.63. The minimum absolute atomic E-state index is 0.0305. The van der Waals surface area contributed by atoms with E-state index in [0.29, 0.717) is 5.56 Å². The minimum atomic E-state index is -1.33. The molecule has 0 saturated carbocycles. The number of rotatable bonds is 3. The van der Waals surface area contributed by atoms with Gasteiger partial charge in [-0.2, -0.15) is 0 Å². The Balaban J connectivity index is 2.46. The van der Waals surface area contributed by atoms with Crippen LogP contribution in [-0.4, -0.2) is 24.6 Å². The number of primary amides is 1. The zero-order valence-corrected chi connectivity index (χ0v) is 10.3. The first-order valence-corrected chi connectivity index (χ1v) is 5.65. The summed E-state index contributed by atoms with van der Waals surface area (Å²) in [5.41, 5.74) is 9.76. The van der Waals surface area contributed by atoms with Crippen LogP contribution in [0.1, 0.15) is 12.5 Å². The molecule has 2 unspecified atom stereocenters. The lowest BCUT2D eigenvalue weighted by Crippen LogP contribution is -2.49. The maximum Gasteiger partial charge on any atom is 0.407 e. The normalized spacial score (nSPS) is 21.4. The minimum Gasteiger partial charge on any atom is -0.443 e. The highest BCUT2D eigenvalue weighted by atomic mass is 19.1. The van der Waals surface area contributed by atoms with E-state index in [4.69, 9.17) is 16.2 Å². The summed E-state index contributed by atoms with van der Waals surface area (Å²) in [7, 11) is 0. The summed E-state index contributed by atoms with van der Waals surface area (Å²) in [5, 5.41) is 2.44. The van der Waals surface area contributed by atoms with Gasteiger partial charge in [0.05, 0.1) is 12.2 Å². The van der Waals surface area contributed by atoms with E-state index in [1.807, 2.05) is 0 Å². The first kappa shape index (κ1) is 13.1. The van der Waals surface area contributed by atoms with Gasteiger partial charge in [-0.15, -0.1) is 0 Å². The van der Waals surface area contributed by atoms with Crippen molar-refractivity contribution in [3.05, 3.63) is 29.6 Å². The number of nitrogens with two attached hydrogens (primary N) is 2. The van der Waals surface area contributed by atoms with Gasteiger partial charge in [-0.1, -0.05) is 6.07 Å². The zero-order valence-electron chi connectivity index (χ0n) is 10.3. The van der Waals surface area contributed by atoms with Gasteiger partial charge < -0.3 is 21.5 Å².